The molecule has 1 aliphatic rings. The van der Waals surface area contributed by atoms with Gasteiger partial charge in [0.25, 0.3) is 0 Å². The number of hydrogen-bond donors (Lipinski definition) is 2. The second kappa shape index (κ2) is 7.61. The van der Waals surface area contributed by atoms with Crippen LogP contribution in [0.1, 0.15) is 36.6 Å². The standard InChI is InChI=1S/C16H25NO5S/c1-4-11-10-16(20,6-7-17(11)15(18)19)12-5-8-23-13(12)9-14(21-2)22-3/h5,8,11,14,20H,4,6-7,9-10H2,1-3H3,(H,18,19). The molecule has 0 spiro atoms. The lowest BCUT2D eigenvalue weighted by Crippen LogP contribution is -2.51. The fourth-order valence-corrected chi connectivity index (χ4v) is 4.26. The first-order valence-corrected chi connectivity index (χ1v) is 8.67. The molecule has 0 bridgehead atoms. The molecule has 1 aromatic heterocycles. The van der Waals surface area contributed by atoms with E-state index in [4.69, 9.17) is 9.47 Å². The van der Waals surface area contributed by atoms with Crippen molar-refractivity contribution in [3.8, 4) is 0 Å². The minimum absolute atomic E-state index is 0.167. The summed E-state index contributed by atoms with van der Waals surface area (Å²) in [5.74, 6) is 0. The largest absolute Gasteiger partial charge is 0.465 e. The lowest BCUT2D eigenvalue weighted by Gasteiger charge is -2.43. The number of aliphatic hydroxyl groups is 1. The zero-order chi connectivity index (χ0) is 17.0. The number of amides is 1. The molecule has 1 aliphatic heterocycles. The van der Waals surface area contributed by atoms with Crippen molar-refractivity contribution in [2.75, 3.05) is 20.8 Å². The molecule has 130 valence electrons. The Labute approximate surface area is 140 Å². The van der Waals surface area contributed by atoms with Crippen molar-refractivity contribution in [2.24, 2.45) is 0 Å². The Morgan fingerprint density at radius 3 is 2.78 bits per heavy atom. The maximum atomic E-state index is 11.3. The Morgan fingerprint density at radius 1 is 1.52 bits per heavy atom. The second-order valence-corrected chi connectivity index (χ2v) is 6.89. The van der Waals surface area contributed by atoms with Crippen LogP contribution in [0.2, 0.25) is 0 Å². The topological polar surface area (TPSA) is 79.2 Å². The number of piperidine rings is 1. The third-order valence-corrected chi connectivity index (χ3v) is 5.57. The van der Waals surface area contributed by atoms with Crippen LogP contribution >= 0.6 is 11.3 Å². The lowest BCUT2D eigenvalue weighted by atomic mass is 9.80. The highest BCUT2D eigenvalue weighted by Gasteiger charge is 2.42. The molecule has 0 radical (unpaired) electrons. The lowest BCUT2D eigenvalue weighted by molar-refractivity contribution is -0.101. The molecular weight excluding hydrogens is 318 g/mol. The number of hydrogen-bond acceptors (Lipinski definition) is 5. The van der Waals surface area contributed by atoms with E-state index in [1.807, 2.05) is 18.4 Å². The number of ether oxygens (including phenoxy) is 2. The first kappa shape index (κ1) is 18.2. The zero-order valence-electron chi connectivity index (χ0n) is 13.8. The average molecular weight is 343 g/mol. The first-order valence-electron chi connectivity index (χ1n) is 7.79. The molecule has 0 saturated carbocycles. The minimum Gasteiger partial charge on any atom is -0.465 e. The molecule has 2 heterocycles. The van der Waals surface area contributed by atoms with Crippen LogP contribution in [0.25, 0.3) is 0 Å². The summed E-state index contributed by atoms with van der Waals surface area (Å²) in [5, 5.41) is 22.4. The van der Waals surface area contributed by atoms with Crippen molar-refractivity contribution in [1.29, 1.82) is 0 Å². The maximum absolute atomic E-state index is 11.3. The van der Waals surface area contributed by atoms with Crippen LogP contribution in [-0.2, 0) is 21.5 Å². The smallest absolute Gasteiger partial charge is 0.407 e. The van der Waals surface area contributed by atoms with Crippen molar-refractivity contribution in [2.45, 2.75) is 50.5 Å². The zero-order valence-corrected chi connectivity index (χ0v) is 14.6. The molecular formula is C16H25NO5S. The highest BCUT2D eigenvalue weighted by molar-refractivity contribution is 7.10. The summed E-state index contributed by atoms with van der Waals surface area (Å²) in [5.41, 5.74) is -0.112. The van der Waals surface area contributed by atoms with Gasteiger partial charge in [0.15, 0.2) is 6.29 Å². The number of nitrogens with zero attached hydrogens (tertiary/aromatic N) is 1. The molecule has 2 unspecified atom stereocenters. The maximum Gasteiger partial charge on any atom is 0.407 e. The molecule has 2 atom stereocenters. The number of rotatable bonds is 6. The molecule has 1 aromatic rings. The molecule has 6 nitrogen and oxygen atoms in total. The van der Waals surface area contributed by atoms with Gasteiger partial charge in [0.05, 0.1) is 5.60 Å². The highest BCUT2D eigenvalue weighted by Crippen LogP contribution is 2.40. The molecule has 1 saturated heterocycles. The van der Waals surface area contributed by atoms with Crippen LogP contribution in [0.3, 0.4) is 0 Å². The first-order chi connectivity index (χ1) is 10.9. The number of methoxy groups -OCH3 is 2. The van der Waals surface area contributed by atoms with Gasteiger partial charge in [-0.2, -0.15) is 0 Å². The third-order valence-electron chi connectivity index (χ3n) is 4.62. The van der Waals surface area contributed by atoms with Gasteiger partial charge in [0.1, 0.15) is 0 Å². The predicted molar refractivity (Wildman–Crippen MR) is 87.8 cm³/mol. The van der Waals surface area contributed by atoms with Gasteiger partial charge in [0, 0.05) is 44.5 Å². The van der Waals surface area contributed by atoms with Crippen molar-refractivity contribution in [1.82, 2.24) is 4.90 Å². The molecule has 7 heteroatoms. The average Bonchev–Trinajstić information content (AvgIpc) is 3.01. The fraction of sp³-hybridized carbons (Fsp3) is 0.688. The molecule has 2 N–H and O–H groups in total. The Morgan fingerprint density at radius 2 is 2.22 bits per heavy atom. The van der Waals surface area contributed by atoms with E-state index in [0.717, 1.165) is 10.4 Å². The summed E-state index contributed by atoms with van der Waals surface area (Å²) in [7, 11) is 3.18. The Hall–Kier alpha value is -1.15. The predicted octanol–water partition coefficient (Wildman–Crippen LogP) is 2.65. The van der Waals surface area contributed by atoms with Crippen LogP contribution in [0.15, 0.2) is 11.4 Å². The van der Waals surface area contributed by atoms with Gasteiger partial charge in [-0.25, -0.2) is 4.79 Å². The minimum atomic E-state index is -0.992. The summed E-state index contributed by atoms with van der Waals surface area (Å²) in [4.78, 5) is 13.8. The van der Waals surface area contributed by atoms with Gasteiger partial charge in [-0.3, -0.25) is 0 Å². The van der Waals surface area contributed by atoms with Gasteiger partial charge in [-0.1, -0.05) is 6.92 Å². The number of likely N-dealkylation sites (tertiary alicyclic amines) is 1. The number of carbonyl (C=O) groups is 1. The van der Waals surface area contributed by atoms with E-state index in [0.29, 0.717) is 32.2 Å². The SMILES string of the molecule is CCC1CC(O)(c2ccsc2CC(OC)OC)CCN1C(=O)O. The van der Waals surface area contributed by atoms with E-state index in [2.05, 4.69) is 0 Å². The fourth-order valence-electron chi connectivity index (χ4n) is 3.28. The normalized spacial score (nSPS) is 25.1. The molecule has 1 amide bonds. The van der Waals surface area contributed by atoms with E-state index >= 15 is 0 Å². The van der Waals surface area contributed by atoms with Gasteiger partial charge in [-0.15, -0.1) is 11.3 Å². The van der Waals surface area contributed by atoms with Gasteiger partial charge in [-0.05, 0) is 29.9 Å². The van der Waals surface area contributed by atoms with Crippen LogP contribution in [-0.4, -0.2) is 54.3 Å². The Kier molecular flexibility index (Phi) is 6.02. The van der Waals surface area contributed by atoms with E-state index in [1.54, 1.807) is 25.6 Å². The van der Waals surface area contributed by atoms with Crippen LogP contribution < -0.4 is 0 Å². The molecule has 0 aromatic carbocycles. The number of thiophene rings is 1. The van der Waals surface area contributed by atoms with Crippen molar-refractivity contribution < 1.29 is 24.5 Å². The molecule has 23 heavy (non-hydrogen) atoms. The van der Waals surface area contributed by atoms with Crippen LogP contribution in [0, 0.1) is 0 Å². The van der Waals surface area contributed by atoms with Crippen LogP contribution in [0.5, 0.6) is 0 Å². The summed E-state index contributed by atoms with van der Waals surface area (Å²) in [6, 6.07) is 1.77. The molecule has 2 rings (SSSR count). The summed E-state index contributed by atoms with van der Waals surface area (Å²) in [6.45, 7) is 2.30. The van der Waals surface area contributed by atoms with Crippen molar-refractivity contribution >= 4 is 17.4 Å². The Bertz CT molecular complexity index is 530. The summed E-state index contributed by atoms with van der Waals surface area (Å²) < 4.78 is 10.5. The number of carboxylic acid groups (broad SMARTS) is 1. The quantitative estimate of drug-likeness (QED) is 0.776. The van der Waals surface area contributed by atoms with Gasteiger partial charge in [0.2, 0.25) is 0 Å². The van der Waals surface area contributed by atoms with Crippen molar-refractivity contribution in [3.63, 3.8) is 0 Å². The molecule has 0 aliphatic carbocycles. The van der Waals surface area contributed by atoms with E-state index in [1.165, 1.54) is 4.90 Å². The van der Waals surface area contributed by atoms with Gasteiger partial charge < -0.3 is 24.6 Å². The third kappa shape index (κ3) is 3.85. The summed E-state index contributed by atoms with van der Waals surface area (Å²) in [6.07, 6.45) is 0.823. The second-order valence-electron chi connectivity index (χ2n) is 5.89. The van der Waals surface area contributed by atoms with Crippen molar-refractivity contribution in [3.05, 3.63) is 21.9 Å². The van der Waals surface area contributed by atoms with E-state index in [-0.39, 0.29) is 12.3 Å². The van der Waals surface area contributed by atoms with E-state index in [9.17, 15) is 15.0 Å². The molecule has 1 fully saturated rings. The van der Waals surface area contributed by atoms with E-state index < -0.39 is 11.7 Å². The Balaban J connectivity index is 2.21. The highest BCUT2D eigenvalue weighted by atomic mass is 32.1. The van der Waals surface area contributed by atoms with Crippen LogP contribution in [0.4, 0.5) is 4.79 Å². The van der Waals surface area contributed by atoms with Gasteiger partial charge >= 0.3 is 6.09 Å². The monoisotopic (exact) mass is 343 g/mol. The summed E-state index contributed by atoms with van der Waals surface area (Å²) >= 11 is 1.57.